The van der Waals surface area contributed by atoms with Crippen LogP contribution in [-0.2, 0) is 43.2 Å². The van der Waals surface area contributed by atoms with Gasteiger partial charge in [0.2, 0.25) is 53.2 Å². The van der Waals surface area contributed by atoms with Crippen LogP contribution in [-0.4, -0.2) is 163 Å². The lowest BCUT2D eigenvalue weighted by atomic mass is 9.85. The number of likely N-dealkylation sites (N-methyl/N-ethyl adjacent to an activating group) is 1. The molecule has 3 atom stereocenters. The summed E-state index contributed by atoms with van der Waals surface area (Å²) in [6.45, 7) is 11.0. The third-order valence-electron chi connectivity index (χ3n) is 13.2. The van der Waals surface area contributed by atoms with E-state index in [2.05, 4.69) is 47.9 Å². The molecule has 1 saturated carbocycles. The summed E-state index contributed by atoms with van der Waals surface area (Å²) in [6.07, 6.45) is 4.62. The van der Waals surface area contributed by atoms with Crippen molar-refractivity contribution in [3.05, 3.63) is 35.6 Å². The molecule has 1 saturated heterocycles. The van der Waals surface area contributed by atoms with Crippen molar-refractivity contribution in [1.29, 1.82) is 0 Å². The molecule has 76 heavy (non-hydrogen) atoms. The van der Waals surface area contributed by atoms with Gasteiger partial charge in [0.25, 0.3) is 12.3 Å². The van der Waals surface area contributed by atoms with Gasteiger partial charge in [-0.2, -0.15) is 0 Å². The van der Waals surface area contributed by atoms with Crippen molar-refractivity contribution in [2.45, 2.75) is 167 Å². The number of amides is 10. The van der Waals surface area contributed by atoms with Gasteiger partial charge in [-0.05, 0) is 117 Å². The second-order valence-electron chi connectivity index (χ2n) is 21.8. The highest BCUT2D eigenvalue weighted by Gasteiger charge is 2.40. The Kier molecular flexibility index (Phi) is 25.1. The first kappa shape index (κ1) is 64.0. The van der Waals surface area contributed by atoms with E-state index in [1.165, 1.54) is 82.7 Å². The highest BCUT2D eigenvalue weighted by atomic mass is 19.3. The van der Waals surface area contributed by atoms with E-state index in [1.807, 2.05) is 0 Å². The molecule has 1 aromatic rings. The van der Waals surface area contributed by atoms with E-state index in [-0.39, 0.29) is 50.4 Å². The highest BCUT2D eigenvalue weighted by molar-refractivity contribution is 6.00. The molecule has 10 amide bonds. The summed E-state index contributed by atoms with van der Waals surface area (Å²) >= 11 is 0. The van der Waals surface area contributed by atoms with E-state index in [9.17, 15) is 61.1 Å². The van der Waals surface area contributed by atoms with Crippen molar-refractivity contribution in [3.8, 4) is 0 Å². The topological polar surface area (TPSA) is 285 Å². The number of rotatable bonds is 29. The van der Waals surface area contributed by atoms with Gasteiger partial charge in [-0.15, -0.1) is 0 Å². The Labute approximate surface area is 444 Å². The summed E-state index contributed by atoms with van der Waals surface area (Å²) < 4.78 is 38.6. The molecule has 426 valence electrons. The van der Waals surface area contributed by atoms with Crippen molar-refractivity contribution in [2.75, 3.05) is 52.9 Å². The Morgan fingerprint density at radius 1 is 0.658 bits per heavy atom. The maximum Gasteiger partial charge on any atom is 0.254 e. The second-order valence-corrected chi connectivity index (χ2v) is 21.8. The zero-order valence-electron chi connectivity index (χ0n) is 45.6. The lowest BCUT2D eigenvalue weighted by Crippen LogP contribution is -2.64. The molecule has 1 heterocycles. The highest BCUT2D eigenvalue weighted by Crippen LogP contribution is 2.28. The van der Waals surface area contributed by atoms with E-state index in [4.69, 9.17) is 0 Å². The number of hydrogen-bond acceptors (Lipinski definition) is 11. The predicted molar refractivity (Wildman–Crippen MR) is 276 cm³/mol. The Balaban J connectivity index is 1.52. The lowest BCUT2D eigenvalue weighted by Gasteiger charge is -2.33. The largest absolute Gasteiger partial charge is 0.355 e. The number of halogens is 3. The Morgan fingerprint density at radius 2 is 1.26 bits per heavy atom. The number of nitrogens with zero attached hydrogens (tertiary/aromatic N) is 2. The first-order valence-corrected chi connectivity index (χ1v) is 26.2. The predicted octanol–water partition coefficient (Wildman–Crippen LogP) is 1.54. The average molecular weight is 1080 g/mol. The van der Waals surface area contributed by atoms with Gasteiger partial charge < -0.3 is 52.8 Å². The smallest absolute Gasteiger partial charge is 0.254 e. The number of alkyl halides is 2. The molecular weight excluding hydrogens is 996 g/mol. The Morgan fingerprint density at radius 3 is 1.89 bits per heavy atom. The number of carbonyl (C=O) groups is 10. The van der Waals surface area contributed by atoms with Crippen LogP contribution in [0.4, 0.5) is 13.2 Å². The molecular formula is C52H82F3N11O10. The van der Waals surface area contributed by atoms with E-state index >= 15 is 0 Å². The zero-order valence-corrected chi connectivity index (χ0v) is 45.6. The van der Waals surface area contributed by atoms with Gasteiger partial charge in [0.15, 0.2) is 0 Å². The van der Waals surface area contributed by atoms with E-state index in [0.29, 0.717) is 31.7 Å². The van der Waals surface area contributed by atoms with Gasteiger partial charge in [0.05, 0.1) is 19.6 Å². The number of likely N-dealkylation sites (tertiary alicyclic amines) is 1. The minimum atomic E-state index is -2.50. The summed E-state index contributed by atoms with van der Waals surface area (Å²) in [6, 6.07) is 1.96. The molecule has 1 aliphatic heterocycles. The molecule has 0 bridgehead atoms. The molecule has 0 spiro atoms. The van der Waals surface area contributed by atoms with Gasteiger partial charge in [-0.1, -0.05) is 46.0 Å². The monoisotopic (exact) mass is 1080 g/mol. The summed E-state index contributed by atoms with van der Waals surface area (Å²) in [5, 5.41) is 23.3. The number of hydrogen-bond donors (Lipinski definition) is 9. The number of benzene rings is 1. The third kappa shape index (κ3) is 21.7. The van der Waals surface area contributed by atoms with Crippen molar-refractivity contribution in [3.63, 3.8) is 0 Å². The van der Waals surface area contributed by atoms with E-state index in [1.54, 1.807) is 13.8 Å². The van der Waals surface area contributed by atoms with Crippen molar-refractivity contribution < 1.29 is 61.1 Å². The first-order valence-electron chi connectivity index (χ1n) is 26.2. The lowest BCUT2D eigenvalue weighted by molar-refractivity contribution is -0.138. The van der Waals surface area contributed by atoms with Gasteiger partial charge in [-0.25, -0.2) is 13.2 Å². The van der Waals surface area contributed by atoms with Crippen LogP contribution in [0, 0.1) is 17.7 Å². The molecule has 2 aliphatic rings. The molecule has 24 heteroatoms. The van der Waals surface area contributed by atoms with Crippen LogP contribution in [0.5, 0.6) is 0 Å². The van der Waals surface area contributed by atoms with Crippen LogP contribution in [0.25, 0.3) is 0 Å². The summed E-state index contributed by atoms with van der Waals surface area (Å²) in [4.78, 5) is 136. The van der Waals surface area contributed by atoms with Gasteiger partial charge in [-0.3, -0.25) is 52.8 Å². The van der Waals surface area contributed by atoms with Gasteiger partial charge in [0, 0.05) is 38.2 Å². The fourth-order valence-electron chi connectivity index (χ4n) is 8.79. The van der Waals surface area contributed by atoms with Gasteiger partial charge in [0.1, 0.15) is 40.6 Å². The van der Waals surface area contributed by atoms with Crippen LogP contribution in [0.2, 0.25) is 0 Å². The SMILES string of the molecule is CC(C)CC(NC(=O)CNC(=O)C(C)(C)NC(=O)CNC(=O)C(CCC1CCCCC1)NC(=O)C1CCCN1C(=O)c1ccc(F)cc1)C(=O)NC(C)(C)C(=O)NC(C)(C)C(=O)NCCC(=O)NCCN(C)CC(F)F. The molecule has 0 aromatic heterocycles. The molecule has 0 radical (unpaired) electrons. The zero-order chi connectivity index (χ0) is 57.0. The molecule has 3 rings (SSSR count). The Bertz CT molecular complexity index is 2190. The molecule has 3 unspecified atom stereocenters. The molecule has 1 aromatic carbocycles. The first-order chi connectivity index (χ1) is 35.5. The fraction of sp³-hybridized carbons (Fsp3) is 0.692. The normalized spacial score (nSPS) is 16.0. The molecule has 21 nitrogen and oxygen atoms in total. The second kappa shape index (κ2) is 29.8. The van der Waals surface area contributed by atoms with Crippen molar-refractivity contribution in [2.24, 2.45) is 11.8 Å². The molecule has 2 fully saturated rings. The molecule has 1 aliphatic carbocycles. The number of carbonyl (C=O) groups excluding carboxylic acids is 10. The van der Waals surface area contributed by atoms with E-state index < -0.39 is 126 Å². The third-order valence-corrected chi connectivity index (χ3v) is 13.2. The van der Waals surface area contributed by atoms with Crippen molar-refractivity contribution >= 4 is 59.1 Å². The van der Waals surface area contributed by atoms with Crippen LogP contribution in [0.1, 0.15) is 136 Å². The fourth-order valence-corrected chi connectivity index (χ4v) is 8.79. The summed E-state index contributed by atoms with van der Waals surface area (Å²) in [7, 11) is 1.50. The maximum atomic E-state index is 13.7. The quantitative estimate of drug-likeness (QED) is 0.0555. The van der Waals surface area contributed by atoms with Crippen LogP contribution in [0.3, 0.4) is 0 Å². The van der Waals surface area contributed by atoms with E-state index in [0.717, 1.165) is 32.1 Å². The van der Waals surface area contributed by atoms with Gasteiger partial charge >= 0.3 is 0 Å². The minimum absolute atomic E-state index is 0.0829. The van der Waals surface area contributed by atoms with Crippen LogP contribution >= 0.6 is 0 Å². The minimum Gasteiger partial charge on any atom is -0.355 e. The van der Waals surface area contributed by atoms with Crippen molar-refractivity contribution in [1.82, 2.24) is 57.7 Å². The average Bonchev–Trinajstić information content (AvgIpc) is 3.83. The standard InChI is InChI=1S/C52H82F3N11O10/c1-32(2)28-37(44(71)63-52(7,8)49(76)64-51(5,6)47(74)57-24-23-40(67)56-25-27-65(9)31-39(54)55)60-41(68)29-59-48(75)50(3,4)62-42(69)30-58-43(70)36(22-17-33-14-11-10-12-15-33)61-45(72)38-16-13-26-66(38)46(73)34-18-20-35(53)21-19-34/h18-21,32-33,36-39H,10-17,22-31H2,1-9H3,(H,56,67)(H,57,74)(H,58,70)(H,59,75)(H,60,68)(H,61,72)(H,62,69)(H,63,71)(H,64,76). The molecule has 9 N–H and O–H groups in total. The Hall–Kier alpha value is -6.33. The number of nitrogens with one attached hydrogen (secondary N) is 9. The maximum absolute atomic E-state index is 13.7. The summed E-state index contributed by atoms with van der Waals surface area (Å²) in [5.74, 6) is -6.68. The van der Waals surface area contributed by atoms with Crippen LogP contribution in [0.15, 0.2) is 24.3 Å². The summed E-state index contributed by atoms with van der Waals surface area (Å²) in [5.41, 5.74) is -4.50. The van der Waals surface area contributed by atoms with Crippen LogP contribution < -0.4 is 47.9 Å².